The fourth-order valence-electron chi connectivity index (χ4n) is 1.90. The van der Waals surface area contributed by atoms with Crippen LogP contribution < -0.4 is 0 Å². The highest BCUT2D eigenvalue weighted by molar-refractivity contribution is 5.23. The van der Waals surface area contributed by atoms with Crippen LogP contribution >= 0.6 is 0 Å². The SMILES string of the molecule is C#C/C=C/C12CCCCC1O2. The van der Waals surface area contributed by atoms with E-state index in [9.17, 15) is 0 Å². The molecule has 1 heteroatoms. The summed E-state index contributed by atoms with van der Waals surface area (Å²) < 4.78 is 5.59. The molecule has 0 N–H and O–H groups in total. The zero-order chi connectivity index (χ0) is 7.73. The minimum atomic E-state index is 0.0740. The molecule has 0 aromatic carbocycles. The first-order valence-electron chi connectivity index (χ1n) is 4.19. The van der Waals surface area contributed by atoms with Gasteiger partial charge in [0.1, 0.15) is 5.60 Å². The van der Waals surface area contributed by atoms with E-state index in [-0.39, 0.29) is 5.60 Å². The van der Waals surface area contributed by atoms with Crippen LogP contribution in [0.25, 0.3) is 0 Å². The normalized spacial score (nSPS) is 41.5. The van der Waals surface area contributed by atoms with Crippen LogP contribution in [0.1, 0.15) is 25.7 Å². The van der Waals surface area contributed by atoms with Crippen molar-refractivity contribution in [2.45, 2.75) is 37.4 Å². The lowest BCUT2D eigenvalue weighted by atomic mass is 9.89. The molecule has 1 saturated heterocycles. The highest BCUT2D eigenvalue weighted by Crippen LogP contribution is 2.48. The van der Waals surface area contributed by atoms with Gasteiger partial charge in [-0.15, -0.1) is 6.42 Å². The van der Waals surface area contributed by atoms with Gasteiger partial charge in [0.25, 0.3) is 0 Å². The highest BCUT2D eigenvalue weighted by atomic mass is 16.6. The van der Waals surface area contributed by atoms with E-state index in [1.54, 1.807) is 6.08 Å². The van der Waals surface area contributed by atoms with Gasteiger partial charge in [-0.2, -0.15) is 0 Å². The molecule has 0 amide bonds. The molecule has 1 saturated carbocycles. The molecule has 0 aromatic heterocycles. The molecule has 2 fully saturated rings. The minimum absolute atomic E-state index is 0.0740. The summed E-state index contributed by atoms with van der Waals surface area (Å²) in [5.74, 6) is 2.51. The number of rotatable bonds is 1. The van der Waals surface area contributed by atoms with Gasteiger partial charge in [0.05, 0.1) is 6.10 Å². The molecule has 1 nitrogen and oxygen atoms in total. The quantitative estimate of drug-likeness (QED) is 0.408. The van der Waals surface area contributed by atoms with Crippen LogP contribution in [0.4, 0.5) is 0 Å². The molecular formula is C10H12O. The number of hydrogen-bond acceptors (Lipinski definition) is 1. The van der Waals surface area contributed by atoms with Crippen molar-refractivity contribution in [3.8, 4) is 12.3 Å². The predicted octanol–water partition coefficient (Wildman–Crippen LogP) is 1.89. The van der Waals surface area contributed by atoms with Crippen molar-refractivity contribution in [1.29, 1.82) is 0 Å². The smallest absolute Gasteiger partial charge is 0.114 e. The predicted molar refractivity (Wildman–Crippen MR) is 44.0 cm³/mol. The molecule has 2 atom stereocenters. The largest absolute Gasteiger partial charge is 0.362 e. The molecule has 58 valence electrons. The molecule has 1 aliphatic heterocycles. The average molecular weight is 148 g/mol. The molecular weight excluding hydrogens is 136 g/mol. The van der Waals surface area contributed by atoms with E-state index < -0.39 is 0 Å². The molecule has 2 unspecified atom stereocenters. The van der Waals surface area contributed by atoms with Gasteiger partial charge in [0.15, 0.2) is 0 Å². The minimum Gasteiger partial charge on any atom is -0.362 e. The van der Waals surface area contributed by atoms with Crippen LogP contribution in [0.5, 0.6) is 0 Å². The Morgan fingerprint density at radius 3 is 3.18 bits per heavy atom. The van der Waals surface area contributed by atoms with E-state index in [0.29, 0.717) is 6.10 Å². The monoisotopic (exact) mass is 148 g/mol. The van der Waals surface area contributed by atoms with Crippen LogP contribution in [0, 0.1) is 12.3 Å². The van der Waals surface area contributed by atoms with Crippen molar-refractivity contribution >= 4 is 0 Å². The van der Waals surface area contributed by atoms with Crippen molar-refractivity contribution in [2.75, 3.05) is 0 Å². The molecule has 0 radical (unpaired) electrons. The maximum atomic E-state index is 5.59. The van der Waals surface area contributed by atoms with Crippen LogP contribution in [-0.4, -0.2) is 11.7 Å². The van der Waals surface area contributed by atoms with Gasteiger partial charge in [-0.1, -0.05) is 18.8 Å². The molecule has 2 rings (SSSR count). The van der Waals surface area contributed by atoms with Crippen molar-refractivity contribution < 1.29 is 4.74 Å². The van der Waals surface area contributed by atoms with E-state index in [4.69, 9.17) is 11.2 Å². The third-order valence-corrected chi connectivity index (χ3v) is 2.59. The molecule has 0 aromatic rings. The standard InChI is InChI=1S/C10H12O/c1-2-3-7-10-8-5-4-6-9(10)11-10/h1,3,7,9H,4-6,8H2/b7-3+. The van der Waals surface area contributed by atoms with Gasteiger partial charge in [0.2, 0.25) is 0 Å². The first kappa shape index (κ1) is 6.94. The Labute approximate surface area is 67.4 Å². The zero-order valence-electron chi connectivity index (χ0n) is 6.55. The molecule has 0 spiro atoms. The number of hydrogen-bond donors (Lipinski definition) is 0. The van der Waals surface area contributed by atoms with E-state index in [2.05, 4.69) is 12.0 Å². The number of allylic oxidation sites excluding steroid dienone is 1. The summed E-state index contributed by atoms with van der Waals surface area (Å²) in [6, 6.07) is 0. The van der Waals surface area contributed by atoms with E-state index >= 15 is 0 Å². The summed E-state index contributed by atoms with van der Waals surface area (Å²) in [7, 11) is 0. The van der Waals surface area contributed by atoms with Gasteiger partial charge in [-0.3, -0.25) is 0 Å². The number of fused-ring (bicyclic) bond motifs is 1. The fourth-order valence-corrected chi connectivity index (χ4v) is 1.90. The lowest BCUT2D eigenvalue weighted by molar-refractivity contribution is 0.329. The zero-order valence-corrected chi connectivity index (χ0v) is 6.55. The van der Waals surface area contributed by atoms with Crippen LogP contribution in [0.2, 0.25) is 0 Å². The van der Waals surface area contributed by atoms with Crippen molar-refractivity contribution in [2.24, 2.45) is 0 Å². The summed E-state index contributed by atoms with van der Waals surface area (Å²) in [6.45, 7) is 0. The van der Waals surface area contributed by atoms with Crippen molar-refractivity contribution in [1.82, 2.24) is 0 Å². The number of epoxide rings is 1. The van der Waals surface area contributed by atoms with Gasteiger partial charge in [-0.25, -0.2) is 0 Å². The topological polar surface area (TPSA) is 12.5 Å². The number of ether oxygens (including phenoxy) is 1. The summed E-state index contributed by atoms with van der Waals surface area (Å²) in [4.78, 5) is 0. The van der Waals surface area contributed by atoms with Gasteiger partial charge >= 0.3 is 0 Å². The van der Waals surface area contributed by atoms with E-state index in [1.165, 1.54) is 19.3 Å². The summed E-state index contributed by atoms with van der Waals surface area (Å²) in [5, 5.41) is 0. The van der Waals surface area contributed by atoms with Crippen molar-refractivity contribution in [3.05, 3.63) is 12.2 Å². The number of terminal acetylenes is 1. The fraction of sp³-hybridized carbons (Fsp3) is 0.600. The third-order valence-electron chi connectivity index (χ3n) is 2.59. The summed E-state index contributed by atoms with van der Waals surface area (Å²) >= 11 is 0. The Morgan fingerprint density at radius 1 is 1.55 bits per heavy atom. The van der Waals surface area contributed by atoms with Crippen LogP contribution in [0.3, 0.4) is 0 Å². The Bertz CT molecular complexity index is 224. The van der Waals surface area contributed by atoms with Gasteiger partial charge < -0.3 is 4.74 Å². The lowest BCUT2D eigenvalue weighted by Crippen LogP contribution is -2.15. The Hall–Kier alpha value is -0.740. The van der Waals surface area contributed by atoms with Crippen molar-refractivity contribution in [3.63, 3.8) is 0 Å². The van der Waals surface area contributed by atoms with Gasteiger partial charge in [0, 0.05) is 0 Å². The molecule has 2 aliphatic rings. The first-order chi connectivity index (χ1) is 5.37. The van der Waals surface area contributed by atoms with Crippen LogP contribution in [-0.2, 0) is 4.74 Å². The summed E-state index contributed by atoms with van der Waals surface area (Å²) in [5.41, 5.74) is 0.0740. The highest BCUT2D eigenvalue weighted by Gasteiger charge is 2.54. The average Bonchev–Trinajstić information content (AvgIpc) is 2.75. The molecule has 1 heterocycles. The van der Waals surface area contributed by atoms with Gasteiger partial charge in [-0.05, 0) is 25.0 Å². The first-order valence-corrected chi connectivity index (χ1v) is 4.19. The Balaban J connectivity index is 2.03. The molecule has 1 aliphatic carbocycles. The summed E-state index contributed by atoms with van der Waals surface area (Å²) in [6.07, 6.45) is 14.4. The maximum Gasteiger partial charge on any atom is 0.114 e. The molecule has 11 heavy (non-hydrogen) atoms. The second-order valence-corrected chi connectivity index (χ2v) is 3.31. The third kappa shape index (κ3) is 1.08. The van der Waals surface area contributed by atoms with Crippen LogP contribution in [0.15, 0.2) is 12.2 Å². The second-order valence-electron chi connectivity index (χ2n) is 3.31. The van der Waals surface area contributed by atoms with E-state index in [1.807, 2.05) is 0 Å². The second kappa shape index (κ2) is 2.39. The van der Waals surface area contributed by atoms with E-state index in [0.717, 1.165) is 6.42 Å². The maximum absolute atomic E-state index is 5.59. The Kier molecular flexibility index (Phi) is 1.51. The molecule has 0 bridgehead atoms. The Morgan fingerprint density at radius 2 is 2.45 bits per heavy atom. The lowest BCUT2D eigenvalue weighted by Gasteiger charge is -2.11.